The van der Waals surface area contributed by atoms with E-state index in [1.165, 1.54) is 0 Å². The second-order valence-corrected chi connectivity index (χ2v) is 6.63. The van der Waals surface area contributed by atoms with Gasteiger partial charge in [-0.1, -0.05) is 11.6 Å². The lowest BCUT2D eigenvalue weighted by molar-refractivity contribution is 0.983. The molecule has 0 aliphatic rings. The molecule has 102 valence electrons. The molecular weight excluding hydrogens is 454 g/mol. The van der Waals surface area contributed by atoms with Gasteiger partial charge in [-0.2, -0.15) is 0 Å². The molecule has 1 N–H and O–H groups in total. The number of nitrogens with one attached hydrogen (secondary N) is 1. The fourth-order valence-electron chi connectivity index (χ4n) is 1.87. The Morgan fingerprint density at radius 3 is 2.95 bits per heavy atom. The van der Waals surface area contributed by atoms with Crippen molar-refractivity contribution in [3.63, 3.8) is 0 Å². The Balaban J connectivity index is 1.85. The SMILES string of the molecule is Clc1cc(I)ccc1NCc1cnc2cnc(Br)cn12. The van der Waals surface area contributed by atoms with Crippen molar-refractivity contribution in [2.45, 2.75) is 6.54 Å². The van der Waals surface area contributed by atoms with Crippen LogP contribution in [0.4, 0.5) is 5.69 Å². The molecule has 0 saturated carbocycles. The van der Waals surface area contributed by atoms with E-state index in [2.05, 4.69) is 53.8 Å². The van der Waals surface area contributed by atoms with Crippen LogP contribution in [0.5, 0.6) is 0 Å². The van der Waals surface area contributed by atoms with Gasteiger partial charge in [0, 0.05) is 9.77 Å². The number of nitrogens with zero attached hydrogens (tertiary/aromatic N) is 3. The molecule has 20 heavy (non-hydrogen) atoms. The van der Waals surface area contributed by atoms with Gasteiger partial charge in [0.05, 0.1) is 35.3 Å². The molecule has 1 aromatic carbocycles. The van der Waals surface area contributed by atoms with Crippen molar-refractivity contribution in [2.24, 2.45) is 0 Å². The Kier molecular flexibility index (Phi) is 4.13. The summed E-state index contributed by atoms with van der Waals surface area (Å²) in [6.07, 6.45) is 5.46. The summed E-state index contributed by atoms with van der Waals surface area (Å²) in [7, 11) is 0. The van der Waals surface area contributed by atoms with Crippen LogP contribution in [0.3, 0.4) is 0 Å². The highest BCUT2D eigenvalue weighted by Gasteiger charge is 2.06. The van der Waals surface area contributed by atoms with Gasteiger partial charge in [0.1, 0.15) is 4.60 Å². The summed E-state index contributed by atoms with van der Waals surface area (Å²) in [4.78, 5) is 8.47. The van der Waals surface area contributed by atoms with E-state index >= 15 is 0 Å². The molecule has 0 radical (unpaired) electrons. The predicted molar refractivity (Wildman–Crippen MR) is 92.2 cm³/mol. The van der Waals surface area contributed by atoms with Crippen molar-refractivity contribution in [2.75, 3.05) is 5.32 Å². The molecule has 2 aromatic heterocycles. The van der Waals surface area contributed by atoms with Crippen LogP contribution in [0, 0.1) is 3.57 Å². The van der Waals surface area contributed by atoms with Gasteiger partial charge in [0.2, 0.25) is 0 Å². The fraction of sp³-hybridized carbons (Fsp3) is 0.0769. The molecule has 2 heterocycles. The molecule has 0 unspecified atom stereocenters. The first kappa shape index (κ1) is 14.1. The van der Waals surface area contributed by atoms with Gasteiger partial charge in [-0.25, -0.2) is 9.97 Å². The maximum Gasteiger partial charge on any atom is 0.155 e. The zero-order valence-corrected chi connectivity index (χ0v) is 14.6. The number of imidazole rings is 1. The van der Waals surface area contributed by atoms with Crippen LogP contribution in [-0.4, -0.2) is 14.4 Å². The molecule has 0 saturated heterocycles. The van der Waals surface area contributed by atoms with Crippen molar-refractivity contribution in [1.82, 2.24) is 14.4 Å². The van der Waals surface area contributed by atoms with Crippen LogP contribution in [0.1, 0.15) is 5.69 Å². The fourth-order valence-corrected chi connectivity index (χ4v) is 3.10. The maximum atomic E-state index is 6.21. The molecule has 0 spiro atoms. The standard InChI is InChI=1S/C13H9BrClIN4/c14-12-7-20-9(5-19-13(20)6-18-12)4-17-11-2-1-8(16)3-10(11)15/h1-3,5-7,17H,4H2. The van der Waals surface area contributed by atoms with E-state index in [4.69, 9.17) is 11.6 Å². The Morgan fingerprint density at radius 2 is 2.15 bits per heavy atom. The first-order valence-electron chi connectivity index (χ1n) is 5.80. The Bertz CT molecular complexity index is 774. The smallest absolute Gasteiger partial charge is 0.155 e. The average Bonchev–Trinajstić information content (AvgIpc) is 2.80. The van der Waals surface area contributed by atoms with E-state index in [-0.39, 0.29) is 0 Å². The van der Waals surface area contributed by atoms with Gasteiger partial charge >= 0.3 is 0 Å². The van der Waals surface area contributed by atoms with E-state index in [9.17, 15) is 0 Å². The third-order valence-electron chi connectivity index (χ3n) is 2.83. The molecule has 0 aliphatic heterocycles. The monoisotopic (exact) mass is 462 g/mol. The van der Waals surface area contributed by atoms with Crippen molar-refractivity contribution < 1.29 is 0 Å². The largest absolute Gasteiger partial charge is 0.378 e. The Hall–Kier alpha value is -0.860. The molecule has 3 aromatic rings. The zero-order chi connectivity index (χ0) is 14.1. The zero-order valence-electron chi connectivity index (χ0n) is 10.1. The molecule has 0 aliphatic carbocycles. The van der Waals surface area contributed by atoms with Crippen molar-refractivity contribution >= 4 is 61.5 Å². The van der Waals surface area contributed by atoms with Crippen LogP contribution in [-0.2, 0) is 6.54 Å². The van der Waals surface area contributed by atoms with Gasteiger partial charge in [-0.3, -0.25) is 4.40 Å². The van der Waals surface area contributed by atoms with Crippen LogP contribution in [0.2, 0.25) is 5.02 Å². The van der Waals surface area contributed by atoms with Gasteiger partial charge in [-0.05, 0) is 56.7 Å². The average molecular weight is 464 g/mol. The third kappa shape index (κ3) is 2.91. The number of aromatic nitrogens is 3. The number of benzene rings is 1. The summed E-state index contributed by atoms with van der Waals surface area (Å²) in [6.45, 7) is 0.637. The lowest BCUT2D eigenvalue weighted by Crippen LogP contribution is -2.03. The first-order valence-corrected chi connectivity index (χ1v) is 8.05. The minimum atomic E-state index is 0.637. The third-order valence-corrected chi connectivity index (χ3v) is 4.23. The molecule has 0 fully saturated rings. The van der Waals surface area contributed by atoms with Crippen LogP contribution < -0.4 is 5.32 Å². The second kappa shape index (κ2) is 5.87. The maximum absolute atomic E-state index is 6.21. The van der Waals surface area contributed by atoms with Crippen molar-refractivity contribution in [3.05, 3.63) is 55.7 Å². The molecule has 7 heteroatoms. The number of hydrogen-bond acceptors (Lipinski definition) is 3. The summed E-state index contributed by atoms with van der Waals surface area (Å²) in [5.74, 6) is 0. The van der Waals surface area contributed by atoms with E-state index in [1.807, 2.05) is 35.0 Å². The number of fused-ring (bicyclic) bond motifs is 1. The summed E-state index contributed by atoms with van der Waals surface area (Å²) in [5.41, 5.74) is 2.77. The van der Waals surface area contributed by atoms with Crippen molar-refractivity contribution in [3.8, 4) is 0 Å². The number of halogens is 3. The Labute approximate surface area is 142 Å². The minimum absolute atomic E-state index is 0.637. The van der Waals surface area contributed by atoms with E-state index in [1.54, 1.807) is 6.20 Å². The van der Waals surface area contributed by atoms with Crippen LogP contribution in [0.25, 0.3) is 5.65 Å². The number of anilines is 1. The van der Waals surface area contributed by atoms with Gasteiger partial charge < -0.3 is 5.32 Å². The summed E-state index contributed by atoms with van der Waals surface area (Å²) < 4.78 is 3.88. The molecule has 4 nitrogen and oxygen atoms in total. The second-order valence-electron chi connectivity index (χ2n) is 4.17. The Morgan fingerprint density at radius 1 is 1.30 bits per heavy atom. The summed E-state index contributed by atoms with van der Waals surface area (Å²) >= 11 is 11.8. The lowest BCUT2D eigenvalue weighted by atomic mass is 10.3. The van der Waals surface area contributed by atoms with Gasteiger partial charge in [0.15, 0.2) is 5.65 Å². The van der Waals surface area contributed by atoms with Crippen LogP contribution in [0.15, 0.2) is 41.4 Å². The first-order chi connectivity index (χ1) is 9.63. The van der Waals surface area contributed by atoms with E-state index in [0.29, 0.717) is 11.6 Å². The minimum Gasteiger partial charge on any atom is -0.378 e. The van der Waals surface area contributed by atoms with Gasteiger partial charge in [-0.15, -0.1) is 0 Å². The highest BCUT2D eigenvalue weighted by molar-refractivity contribution is 14.1. The molecule has 0 bridgehead atoms. The highest BCUT2D eigenvalue weighted by atomic mass is 127. The molecule has 0 amide bonds. The lowest BCUT2D eigenvalue weighted by Gasteiger charge is -2.08. The van der Waals surface area contributed by atoms with E-state index < -0.39 is 0 Å². The number of hydrogen-bond donors (Lipinski definition) is 1. The van der Waals surface area contributed by atoms with Crippen LogP contribution >= 0.6 is 50.1 Å². The quantitative estimate of drug-likeness (QED) is 0.587. The topological polar surface area (TPSA) is 42.2 Å². The molecule has 3 rings (SSSR count). The number of rotatable bonds is 3. The predicted octanol–water partition coefficient (Wildman–Crippen LogP) is 4.36. The highest BCUT2D eigenvalue weighted by Crippen LogP contribution is 2.24. The van der Waals surface area contributed by atoms with Crippen molar-refractivity contribution in [1.29, 1.82) is 0 Å². The molecular formula is C13H9BrClIN4. The summed E-state index contributed by atoms with van der Waals surface area (Å²) in [6, 6.07) is 5.92. The normalized spacial score (nSPS) is 10.9. The van der Waals surface area contributed by atoms with Gasteiger partial charge in [0.25, 0.3) is 0 Å². The van der Waals surface area contributed by atoms with E-state index in [0.717, 1.165) is 25.2 Å². The summed E-state index contributed by atoms with van der Waals surface area (Å²) in [5, 5.41) is 4.04. The molecule has 0 atom stereocenters.